The topological polar surface area (TPSA) is 66.5 Å². The third kappa shape index (κ3) is 3.06. The van der Waals surface area contributed by atoms with Gasteiger partial charge >= 0.3 is 0 Å². The van der Waals surface area contributed by atoms with E-state index >= 15 is 0 Å². The number of amides is 3. The SMILES string of the molecule is Cc1ccc(C)c(NC(=O)CN2C(=O)Cc3ccccc3C2=O)c1. The fraction of sp³-hybridized carbons (Fsp3) is 0.211. The first kappa shape index (κ1) is 15.9. The molecule has 2 aromatic rings. The average Bonchev–Trinajstić information content (AvgIpc) is 2.55. The van der Waals surface area contributed by atoms with Gasteiger partial charge in [0.2, 0.25) is 11.8 Å². The van der Waals surface area contributed by atoms with Crippen molar-refractivity contribution in [1.82, 2.24) is 4.90 Å². The van der Waals surface area contributed by atoms with Crippen molar-refractivity contribution in [2.75, 3.05) is 11.9 Å². The highest BCUT2D eigenvalue weighted by atomic mass is 16.2. The number of anilines is 1. The first-order valence-electron chi connectivity index (χ1n) is 7.75. The lowest BCUT2D eigenvalue weighted by atomic mass is 9.98. The molecule has 5 nitrogen and oxygen atoms in total. The van der Waals surface area contributed by atoms with Crippen molar-refractivity contribution in [2.45, 2.75) is 20.3 Å². The van der Waals surface area contributed by atoms with Crippen molar-refractivity contribution in [3.63, 3.8) is 0 Å². The summed E-state index contributed by atoms with van der Waals surface area (Å²) >= 11 is 0. The van der Waals surface area contributed by atoms with E-state index in [0.29, 0.717) is 16.8 Å². The van der Waals surface area contributed by atoms with Crippen molar-refractivity contribution in [2.24, 2.45) is 0 Å². The number of hydrogen-bond donors (Lipinski definition) is 1. The largest absolute Gasteiger partial charge is 0.324 e. The molecule has 0 bridgehead atoms. The lowest BCUT2D eigenvalue weighted by molar-refractivity contribution is -0.131. The number of hydrogen-bond acceptors (Lipinski definition) is 3. The molecule has 0 saturated heterocycles. The van der Waals surface area contributed by atoms with Gasteiger partial charge in [-0.25, -0.2) is 0 Å². The van der Waals surface area contributed by atoms with Crippen LogP contribution < -0.4 is 5.32 Å². The second-order valence-electron chi connectivity index (χ2n) is 5.99. The summed E-state index contributed by atoms with van der Waals surface area (Å²) in [5.74, 6) is -1.16. The summed E-state index contributed by atoms with van der Waals surface area (Å²) in [5.41, 5.74) is 3.83. The Hall–Kier alpha value is -2.95. The minimum Gasteiger partial charge on any atom is -0.324 e. The van der Waals surface area contributed by atoms with Crippen LogP contribution in [0.5, 0.6) is 0 Å². The van der Waals surface area contributed by atoms with Gasteiger partial charge < -0.3 is 5.32 Å². The molecule has 1 aliphatic heterocycles. The maximum Gasteiger partial charge on any atom is 0.261 e. The molecule has 24 heavy (non-hydrogen) atoms. The van der Waals surface area contributed by atoms with Gasteiger partial charge in [-0.05, 0) is 42.7 Å². The second kappa shape index (κ2) is 6.28. The molecule has 1 heterocycles. The predicted molar refractivity (Wildman–Crippen MR) is 90.7 cm³/mol. The zero-order valence-electron chi connectivity index (χ0n) is 13.6. The Bertz CT molecular complexity index is 842. The molecule has 0 saturated carbocycles. The van der Waals surface area contributed by atoms with Gasteiger partial charge in [-0.2, -0.15) is 0 Å². The minimum atomic E-state index is -0.419. The Morgan fingerprint density at radius 2 is 1.88 bits per heavy atom. The van der Waals surface area contributed by atoms with Gasteiger partial charge in [0, 0.05) is 11.3 Å². The number of fused-ring (bicyclic) bond motifs is 1. The Morgan fingerprint density at radius 3 is 2.67 bits per heavy atom. The molecule has 0 aromatic heterocycles. The summed E-state index contributed by atoms with van der Waals surface area (Å²) in [4.78, 5) is 38.0. The number of rotatable bonds is 3. The summed E-state index contributed by atoms with van der Waals surface area (Å²) in [6.45, 7) is 3.55. The summed E-state index contributed by atoms with van der Waals surface area (Å²) < 4.78 is 0. The van der Waals surface area contributed by atoms with Crippen LogP contribution in [0.1, 0.15) is 27.0 Å². The summed E-state index contributed by atoms with van der Waals surface area (Å²) in [7, 11) is 0. The highest BCUT2D eigenvalue weighted by molar-refractivity contribution is 6.12. The number of benzene rings is 2. The first-order valence-corrected chi connectivity index (χ1v) is 7.75. The Kier molecular flexibility index (Phi) is 4.16. The molecule has 3 rings (SSSR count). The molecular weight excluding hydrogens is 304 g/mol. The smallest absolute Gasteiger partial charge is 0.261 e. The van der Waals surface area contributed by atoms with E-state index in [4.69, 9.17) is 0 Å². The summed E-state index contributed by atoms with van der Waals surface area (Å²) in [6, 6.07) is 12.7. The Labute approximate surface area is 140 Å². The van der Waals surface area contributed by atoms with Crippen molar-refractivity contribution >= 4 is 23.4 Å². The quantitative estimate of drug-likeness (QED) is 0.883. The third-order valence-electron chi connectivity index (χ3n) is 4.10. The number of carbonyl (C=O) groups is 3. The van der Waals surface area contributed by atoms with Gasteiger partial charge in [0.05, 0.1) is 6.42 Å². The van der Waals surface area contributed by atoms with E-state index in [2.05, 4.69) is 5.32 Å². The molecule has 0 unspecified atom stereocenters. The van der Waals surface area contributed by atoms with Crippen molar-refractivity contribution in [3.05, 3.63) is 64.7 Å². The molecule has 1 N–H and O–H groups in total. The molecule has 3 amide bonds. The van der Waals surface area contributed by atoms with Crippen LogP contribution in [0.25, 0.3) is 0 Å². The highest BCUT2D eigenvalue weighted by Crippen LogP contribution is 2.20. The molecule has 0 spiro atoms. The maximum absolute atomic E-state index is 12.5. The Balaban J connectivity index is 1.76. The van der Waals surface area contributed by atoms with Gasteiger partial charge in [0.1, 0.15) is 6.54 Å². The fourth-order valence-electron chi connectivity index (χ4n) is 2.76. The molecular formula is C19H18N2O3. The molecule has 0 atom stereocenters. The second-order valence-corrected chi connectivity index (χ2v) is 5.99. The average molecular weight is 322 g/mol. The fourth-order valence-corrected chi connectivity index (χ4v) is 2.76. The summed E-state index contributed by atoms with van der Waals surface area (Å²) in [5, 5.41) is 2.78. The minimum absolute atomic E-state index is 0.138. The first-order chi connectivity index (χ1) is 11.5. The number of carbonyl (C=O) groups excluding carboxylic acids is 3. The monoisotopic (exact) mass is 322 g/mol. The molecule has 122 valence electrons. The number of nitrogens with one attached hydrogen (secondary N) is 1. The highest BCUT2D eigenvalue weighted by Gasteiger charge is 2.31. The normalized spacial score (nSPS) is 13.7. The van der Waals surface area contributed by atoms with Crippen molar-refractivity contribution in [1.29, 1.82) is 0 Å². The third-order valence-corrected chi connectivity index (χ3v) is 4.10. The molecule has 0 aliphatic carbocycles. The van der Waals surface area contributed by atoms with Crippen molar-refractivity contribution in [3.8, 4) is 0 Å². The number of imide groups is 1. The molecule has 0 fully saturated rings. The van der Waals surface area contributed by atoms with Crippen LogP contribution >= 0.6 is 0 Å². The van der Waals surface area contributed by atoms with Gasteiger partial charge in [-0.15, -0.1) is 0 Å². The van der Waals surface area contributed by atoms with E-state index in [1.165, 1.54) is 0 Å². The van der Waals surface area contributed by atoms with E-state index in [1.807, 2.05) is 32.0 Å². The Morgan fingerprint density at radius 1 is 1.12 bits per heavy atom. The van der Waals surface area contributed by atoms with Crippen LogP contribution in [-0.4, -0.2) is 29.2 Å². The van der Waals surface area contributed by atoms with E-state index in [0.717, 1.165) is 16.0 Å². The number of nitrogens with zero attached hydrogens (tertiary/aromatic N) is 1. The van der Waals surface area contributed by atoms with E-state index in [1.54, 1.807) is 24.3 Å². The van der Waals surface area contributed by atoms with E-state index in [9.17, 15) is 14.4 Å². The standard InChI is InChI=1S/C19H18N2O3/c1-12-7-8-13(2)16(9-12)20-17(22)11-21-18(23)10-14-5-3-4-6-15(14)19(21)24/h3-9H,10-11H2,1-2H3,(H,20,22). The van der Waals surface area contributed by atoms with Crippen LogP contribution in [0.15, 0.2) is 42.5 Å². The van der Waals surface area contributed by atoms with Gasteiger partial charge in [-0.3, -0.25) is 19.3 Å². The van der Waals surface area contributed by atoms with Gasteiger partial charge in [0.25, 0.3) is 5.91 Å². The van der Waals surface area contributed by atoms with E-state index in [-0.39, 0.29) is 24.8 Å². The predicted octanol–water partition coefficient (Wildman–Crippen LogP) is 2.47. The molecule has 0 radical (unpaired) electrons. The zero-order chi connectivity index (χ0) is 17.3. The summed E-state index contributed by atoms with van der Waals surface area (Å²) in [6.07, 6.45) is 0.138. The zero-order valence-corrected chi connectivity index (χ0v) is 13.6. The van der Waals surface area contributed by atoms with Gasteiger partial charge in [-0.1, -0.05) is 30.3 Å². The van der Waals surface area contributed by atoms with Gasteiger partial charge in [0.15, 0.2) is 0 Å². The van der Waals surface area contributed by atoms with Crippen molar-refractivity contribution < 1.29 is 14.4 Å². The van der Waals surface area contributed by atoms with Crippen LogP contribution in [0.4, 0.5) is 5.69 Å². The van der Waals surface area contributed by atoms with Crippen LogP contribution in [0.2, 0.25) is 0 Å². The molecule has 5 heteroatoms. The lowest BCUT2D eigenvalue weighted by Crippen LogP contribution is -2.46. The van der Waals surface area contributed by atoms with Crippen LogP contribution in [-0.2, 0) is 16.0 Å². The van der Waals surface area contributed by atoms with E-state index < -0.39 is 5.91 Å². The maximum atomic E-state index is 12.5. The molecule has 1 aliphatic rings. The number of aryl methyl sites for hydroxylation is 2. The molecule has 2 aromatic carbocycles. The lowest BCUT2D eigenvalue weighted by Gasteiger charge is -2.26. The van der Waals surface area contributed by atoms with Crippen LogP contribution in [0.3, 0.4) is 0 Å². The van der Waals surface area contributed by atoms with Crippen LogP contribution in [0, 0.1) is 13.8 Å².